The van der Waals surface area contributed by atoms with E-state index < -0.39 is 17.1 Å². The number of anilines is 2. The third kappa shape index (κ3) is 8.03. The Bertz CT molecular complexity index is 2200. The number of amides is 3. The largest absolute Gasteiger partial charge is 0.494 e. The first-order valence-electron chi connectivity index (χ1n) is 16.8. The molecule has 0 fully saturated rings. The average molecular weight is 710 g/mol. The fourth-order valence-corrected chi connectivity index (χ4v) is 6.74. The van der Waals surface area contributed by atoms with Crippen LogP contribution in [-0.4, -0.2) is 41.1 Å². The molecule has 5 aromatic carbocycles. The summed E-state index contributed by atoms with van der Waals surface area (Å²) in [7, 11) is 0. The standard InChI is InChI=1S/C42H35N3O6S/c1-3-36(42(50)44-34-19-11-18-33-37(34)39(47)32-17-9-8-16-31(32)38(33)46)52-30-15-10-14-28(25-30)43-41(49)35(45-40(48)27-12-6-5-7-13-27)24-26-20-22-29(23-21-26)51-4-2/h5-25,36H,3-4H2,1-2H3,(H,43,49)(H,44,50)(H,45,48)/b35-24+. The van der Waals surface area contributed by atoms with Crippen molar-refractivity contribution in [3.05, 3.63) is 160 Å². The molecule has 3 N–H and O–H groups in total. The maximum Gasteiger partial charge on any atom is 0.272 e. The van der Waals surface area contributed by atoms with Gasteiger partial charge in [0.1, 0.15) is 11.4 Å². The highest BCUT2D eigenvalue weighted by molar-refractivity contribution is 8.00. The zero-order valence-corrected chi connectivity index (χ0v) is 29.3. The molecule has 0 heterocycles. The number of hydrogen-bond acceptors (Lipinski definition) is 7. The molecule has 260 valence electrons. The van der Waals surface area contributed by atoms with Crippen molar-refractivity contribution >= 4 is 58.5 Å². The smallest absolute Gasteiger partial charge is 0.272 e. The third-order valence-electron chi connectivity index (χ3n) is 8.27. The van der Waals surface area contributed by atoms with Crippen molar-refractivity contribution in [1.29, 1.82) is 0 Å². The predicted molar refractivity (Wildman–Crippen MR) is 203 cm³/mol. The summed E-state index contributed by atoms with van der Waals surface area (Å²) in [6.07, 6.45) is 2.04. The first-order valence-corrected chi connectivity index (χ1v) is 17.6. The van der Waals surface area contributed by atoms with Crippen LogP contribution in [0.4, 0.5) is 11.4 Å². The summed E-state index contributed by atoms with van der Waals surface area (Å²) in [5.41, 5.74) is 2.92. The maximum absolute atomic E-state index is 13.7. The van der Waals surface area contributed by atoms with Crippen LogP contribution in [0.1, 0.15) is 68.0 Å². The number of carbonyl (C=O) groups is 5. The highest BCUT2D eigenvalue weighted by atomic mass is 32.2. The number of thioether (sulfide) groups is 1. The Morgan fingerprint density at radius 2 is 1.40 bits per heavy atom. The highest BCUT2D eigenvalue weighted by Crippen LogP contribution is 2.34. The predicted octanol–water partition coefficient (Wildman–Crippen LogP) is 7.78. The summed E-state index contributed by atoms with van der Waals surface area (Å²) in [5, 5.41) is 7.94. The summed E-state index contributed by atoms with van der Waals surface area (Å²) in [5.74, 6) is -1.22. The van der Waals surface area contributed by atoms with Crippen LogP contribution in [-0.2, 0) is 9.59 Å². The van der Waals surface area contributed by atoms with E-state index in [-0.39, 0.29) is 40.0 Å². The Morgan fingerprint density at radius 3 is 2.12 bits per heavy atom. The maximum atomic E-state index is 13.7. The van der Waals surface area contributed by atoms with Gasteiger partial charge in [0.2, 0.25) is 5.91 Å². The van der Waals surface area contributed by atoms with Crippen LogP contribution in [0.25, 0.3) is 6.08 Å². The highest BCUT2D eigenvalue weighted by Gasteiger charge is 2.32. The van der Waals surface area contributed by atoms with Gasteiger partial charge in [-0.05, 0) is 73.5 Å². The van der Waals surface area contributed by atoms with Crippen molar-refractivity contribution < 1.29 is 28.7 Å². The lowest BCUT2D eigenvalue weighted by atomic mass is 9.83. The van der Waals surface area contributed by atoms with E-state index in [9.17, 15) is 24.0 Å². The average Bonchev–Trinajstić information content (AvgIpc) is 3.17. The van der Waals surface area contributed by atoms with Gasteiger partial charge in [-0.15, -0.1) is 11.8 Å². The Morgan fingerprint density at radius 1 is 0.731 bits per heavy atom. The number of rotatable bonds is 12. The normalized spacial score (nSPS) is 12.6. The molecule has 0 radical (unpaired) electrons. The molecule has 1 unspecified atom stereocenters. The molecule has 0 bridgehead atoms. The van der Waals surface area contributed by atoms with E-state index >= 15 is 0 Å². The second-order valence-corrected chi connectivity index (χ2v) is 13.1. The molecule has 5 aromatic rings. The van der Waals surface area contributed by atoms with E-state index in [0.29, 0.717) is 51.6 Å². The van der Waals surface area contributed by atoms with Gasteiger partial charge in [-0.3, -0.25) is 24.0 Å². The number of ketones is 2. The summed E-state index contributed by atoms with van der Waals surface area (Å²) >= 11 is 1.30. The minimum atomic E-state index is -0.566. The van der Waals surface area contributed by atoms with Gasteiger partial charge in [-0.2, -0.15) is 0 Å². The molecule has 0 aromatic heterocycles. The Kier molecular flexibility index (Phi) is 11.1. The molecule has 0 aliphatic heterocycles. The molecule has 0 saturated heterocycles. The van der Waals surface area contributed by atoms with Crippen LogP contribution in [0, 0.1) is 0 Å². The van der Waals surface area contributed by atoms with Crippen molar-refractivity contribution in [3.8, 4) is 5.75 Å². The molecule has 0 spiro atoms. The Balaban J connectivity index is 1.18. The first kappa shape index (κ1) is 35.6. The lowest BCUT2D eigenvalue weighted by molar-refractivity contribution is -0.116. The molecule has 1 aliphatic rings. The Hall–Kier alpha value is -6.26. The minimum absolute atomic E-state index is 0.0312. The van der Waals surface area contributed by atoms with Crippen LogP contribution >= 0.6 is 11.8 Å². The van der Waals surface area contributed by atoms with Crippen molar-refractivity contribution in [3.63, 3.8) is 0 Å². The van der Waals surface area contributed by atoms with Crippen molar-refractivity contribution in [2.75, 3.05) is 17.2 Å². The van der Waals surface area contributed by atoms with Crippen molar-refractivity contribution in [2.24, 2.45) is 0 Å². The Labute approximate surface area is 305 Å². The van der Waals surface area contributed by atoms with Gasteiger partial charge in [0.25, 0.3) is 11.8 Å². The van der Waals surface area contributed by atoms with Crippen LogP contribution in [0.2, 0.25) is 0 Å². The number of nitrogens with one attached hydrogen (secondary N) is 3. The lowest BCUT2D eigenvalue weighted by Gasteiger charge is -2.21. The number of benzene rings is 5. The van der Waals surface area contributed by atoms with Gasteiger partial charge in [-0.1, -0.05) is 79.7 Å². The van der Waals surface area contributed by atoms with E-state index in [2.05, 4.69) is 16.0 Å². The fraction of sp³-hybridized carbons (Fsp3) is 0.119. The van der Waals surface area contributed by atoms with Crippen molar-refractivity contribution in [2.45, 2.75) is 30.4 Å². The number of ether oxygens (including phenoxy) is 1. The molecule has 10 heteroatoms. The summed E-state index contributed by atoms with van der Waals surface area (Å²) in [6.45, 7) is 4.29. The van der Waals surface area contributed by atoms with Gasteiger partial charge in [0.05, 0.1) is 23.1 Å². The zero-order chi connectivity index (χ0) is 36.6. The topological polar surface area (TPSA) is 131 Å². The van der Waals surface area contributed by atoms with Gasteiger partial charge in [0.15, 0.2) is 11.6 Å². The SMILES string of the molecule is CCOc1ccc(/C=C(/NC(=O)c2ccccc2)C(=O)Nc2cccc(SC(CC)C(=O)Nc3cccc4c3C(=O)c3ccccc3C4=O)c2)cc1. The molecule has 3 amide bonds. The van der Waals surface area contributed by atoms with Crippen molar-refractivity contribution in [1.82, 2.24) is 5.32 Å². The summed E-state index contributed by atoms with van der Waals surface area (Å²) < 4.78 is 5.53. The quantitative estimate of drug-likeness (QED) is 0.0874. The monoisotopic (exact) mass is 709 g/mol. The van der Waals surface area contributed by atoms with E-state index in [1.807, 2.05) is 19.9 Å². The van der Waals surface area contributed by atoms with Gasteiger partial charge < -0.3 is 20.7 Å². The van der Waals surface area contributed by atoms with Crippen LogP contribution in [0.5, 0.6) is 5.75 Å². The van der Waals surface area contributed by atoms with Gasteiger partial charge in [-0.25, -0.2) is 0 Å². The molecule has 52 heavy (non-hydrogen) atoms. The third-order valence-corrected chi connectivity index (χ3v) is 9.63. The first-order chi connectivity index (χ1) is 25.2. The van der Waals surface area contributed by atoms with Crippen LogP contribution in [0.3, 0.4) is 0 Å². The number of hydrogen-bond donors (Lipinski definition) is 3. The molecule has 1 atom stereocenters. The zero-order valence-electron chi connectivity index (χ0n) is 28.5. The van der Waals surface area contributed by atoms with Crippen LogP contribution in [0.15, 0.2) is 132 Å². The van der Waals surface area contributed by atoms with Crippen LogP contribution < -0.4 is 20.7 Å². The number of carbonyl (C=O) groups excluding carboxylic acids is 5. The van der Waals surface area contributed by atoms with E-state index in [0.717, 1.165) is 0 Å². The van der Waals surface area contributed by atoms with Gasteiger partial charge in [0, 0.05) is 32.8 Å². The van der Waals surface area contributed by atoms with E-state index in [1.165, 1.54) is 11.8 Å². The molecule has 9 nitrogen and oxygen atoms in total. The van der Waals surface area contributed by atoms with E-state index in [1.54, 1.807) is 121 Å². The second-order valence-electron chi connectivity index (χ2n) is 11.8. The molecular formula is C42H35N3O6S. The van der Waals surface area contributed by atoms with Gasteiger partial charge >= 0.3 is 0 Å². The summed E-state index contributed by atoms with van der Waals surface area (Å²) in [6, 6.07) is 34.3. The minimum Gasteiger partial charge on any atom is -0.494 e. The molecular weight excluding hydrogens is 675 g/mol. The summed E-state index contributed by atoms with van der Waals surface area (Å²) in [4.78, 5) is 67.7. The molecule has 1 aliphatic carbocycles. The molecule has 0 saturated carbocycles. The number of fused-ring (bicyclic) bond motifs is 2. The fourth-order valence-electron chi connectivity index (χ4n) is 5.73. The second kappa shape index (κ2) is 16.2. The lowest BCUT2D eigenvalue weighted by Crippen LogP contribution is -2.30. The molecule has 6 rings (SSSR count). The van der Waals surface area contributed by atoms with E-state index in [4.69, 9.17) is 4.74 Å².